The lowest BCUT2D eigenvalue weighted by molar-refractivity contribution is 0.0676. The number of carbonyl (C=O) groups excluding carboxylic acids is 1. The number of rotatable bonds is 4. The van der Waals surface area contributed by atoms with Gasteiger partial charge in [-0.1, -0.05) is 6.92 Å². The third kappa shape index (κ3) is 3.73. The molecule has 21 heavy (non-hydrogen) atoms. The van der Waals surface area contributed by atoms with Crippen molar-refractivity contribution in [1.82, 2.24) is 14.8 Å². The summed E-state index contributed by atoms with van der Waals surface area (Å²) in [5.41, 5.74) is 1.56. The van der Waals surface area contributed by atoms with E-state index in [4.69, 9.17) is 0 Å². The highest BCUT2D eigenvalue weighted by Crippen LogP contribution is 2.20. The van der Waals surface area contributed by atoms with E-state index in [-0.39, 0.29) is 11.9 Å². The van der Waals surface area contributed by atoms with E-state index >= 15 is 0 Å². The van der Waals surface area contributed by atoms with Crippen LogP contribution in [0.5, 0.6) is 0 Å². The smallest absolute Gasteiger partial charge is 0.256 e. The van der Waals surface area contributed by atoms with Crippen LogP contribution in [0.1, 0.15) is 37.0 Å². The molecule has 5 heteroatoms. The average Bonchev–Trinajstić information content (AvgIpc) is 2.68. The molecule has 0 spiro atoms. The van der Waals surface area contributed by atoms with Crippen molar-refractivity contribution >= 4 is 11.6 Å². The highest BCUT2D eigenvalue weighted by atomic mass is 16.2. The van der Waals surface area contributed by atoms with Gasteiger partial charge in [-0.3, -0.25) is 9.78 Å². The Hall–Kier alpha value is -1.62. The lowest BCUT2D eigenvalue weighted by atomic mass is 10.1. The Bertz CT molecular complexity index is 477. The summed E-state index contributed by atoms with van der Waals surface area (Å²) in [7, 11) is 2.13. The first-order valence-corrected chi connectivity index (χ1v) is 7.84. The van der Waals surface area contributed by atoms with Gasteiger partial charge in [-0.05, 0) is 39.4 Å². The van der Waals surface area contributed by atoms with Crippen LogP contribution in [-0.2, 0) is 0 Å². The first-order chi connectivity index (χ1) is 10.2. The molecule has 0 aromatic carbocycles. The highest BCUT2D eigenvalue weighted by molar-refractivity contribution is 5.99. The molecule has 1 aliphatic rings. The van der Waals surface area contributed by atoms with E-state index in [1.54, 1.807) is 12.4 Å². The molecule has 1 amide bonds. The molecule has 116 valence electrons. The van der Waals surface area contributed by atoms with Crippen LogP contribution in [0.25, 0.3) is 0 Å². The van der Waals surface area contributed by atoms with Crippen LogP contribution >= 0.6 is 0 Å². The van der Waals surface area contributed by atoms with Crippen LogP contribution in [0.2, 0.25) is 0 Å². The number of anilines is 1. The zero-order valence-corrected chi connectivity index (χ0v) is 13.3. The molecule has 0 radical (unpaired) electrons. The number of likely N-dealkylation sites (N-methyl/N-ethyl adjacent to an activating group) is 1. The van der Waals surface area contributed by atoms with E-state index in [9.17, 15) is 4.79 Å². The average molecular weight is 290 g/mol. The molecule has 1 N–H and O–H groups in total. The molecule has 1 unspecified atom stereocenters. The minimum atomic E-state index is 0.121. The van der Waals surface area contributed by atoms with Gasteiger partial charge in [-0.25, -0.2) is 0 Å². The fraction of sp³-hybridized carbons (Fsp3) is 0.625. The van der Waals surface area contributed by atoms with Gasteiger partial charge < -0.3 is 15.1 Å². The van der Waals surface area contributed by atoms with Crippen molar-refractivity contribution in [2.45, 2.75) is 32.7 Å². The van der Waals surface area contributed by atoms with Gasteiger partial charge in [0.25, 0.3) is 5.91 Å². The molecule has 0 saturated carbocycles. The van der Waals surface area contributed by atoms with Crippen molar-refractivity contribution in [3.05, 3.63) is 24.0 Å². The molecular formula is C16H26N4O. The van der Waals surface area contributed by atoms with E-state index in [1.165, 1.54) is 0 Å². The number of amides is 1. The third-order valence-electron chi connectivity index (χ3n) is 4.05. The fourth-order valence-electron chi connectivity index (χ4n) is 2.93. The molecule has 1 aromatic rings. The monoisotopic (exact) mass is 290 g/mol. The molecule has 0 aliphatic carbocycles. The lowest BCUT2D eigenvalue weighted by Crippen LogP contribution is -2.43. The Kier molecular flexibility index (Phi) is 5.56. The number of pyridine rings is 1. The molecule has 1 saturated heterocycles. The summed E-state index contributed by atoms with van der Waals surface area (Å²) in [5, 5.41) is 3.23. The van der Waals surface area contributed by atoms with E-state index in [1.807, 2.05) is 17.9 Å². The van der Waals surface area contributed by atoms with Gasteiger partial charge in [0, 0.05) is 31.9 Å². The normalized spacial score (nSPS) is 20.1. The molecule has 5 nitrogen and oxygen atoms in total. The Morgan fingerprint density at radius 1 is 1.43 bits per heavy atom. The van der Waals surface area contributed by atoms with Crippen LogP contribution in [0.15, 0.2) is 18.5 Å². The van der Waals surface area contributed by atoms with Gasteiger partial charge in [0.2, 0.25) is 0 Å². The number of hydrogen-bond donors (Lipinski definition) is 1. The van der Waals surface area contributed by atoms with Crippen molar-refractivity contribution in [3.63, 3.8) is 0 Å². The minimum absolute atomic E-state index is 0.121. The summed E-state index contributed by atoms with van der Waals surface area (Å²) in [6, 6.07) is 2.11. The second-order valence-electron chi connectivity index (χ2n) is 5.63. The first-order valence-electron chi connectivity index (χ1n) is 7.84. The van der Waals surface area contributed by atoms with Crippen LogP contribution in [0.4, 0.5) is 5.69 Å². The van der Waals surface area contributed by atoms with E-state index < -0.39 is 0 Å². The maximum atomic E-state index is 13.0. The third-order valence-corrected chi connectivity index (χ3v) is 4.05. The molecule has 0 bridgehead atoms. The van der Waals surface area contributed by atoms with Crippen molar-refractivity contribution in [1.29, 1.82) is 0 Å². The number of aromatic nitrogens is 1. The largest absolute Gasteiger partial charge is 0.383 e. The highest BCUT2D eigenvalue weighted by Gasteiger charge is 2.28. The summed E-state index contributed by atoms with van der Waals surface area (Å²) in [5.74, 6) is 0.121. The van der Waals surface area contributed by atoms with Crippen molar-refractivity contribution in [3.8, 4) is 0 Å². The fourth-order valence-corrected chi connectivity index (χ4v) is 2.93. The summed E-state index contributed by atoms with van der Waals surface area (Å²) in [6.07, 6.45) is 5.44. The van der Waals surface area contributed by atoms with Crippen molar-refractivity contribution < 1.29 is 4.79 Å². The number of nitrogens with one attached hydrogen (secondary N) is 1. The topological polar surface area (TPSA) is 48.5 Å². The maximum Gasteiger partial charge on any atom is 0.256 e. The Balaban J connectivity index is 2.25. The van der Waals surface area contributed by atoms with Crippen LogP contribution in [0, 0.1) is 0 Å². The summed E-state index contributed by atoms with van der Waals surface area (Å²) in [4.78, 5) is 21.4. The van der Waals surface area contributed by atoms with Gasteiger partial charge in [0.1, 0.15) is 0 Å². The minimum Gasteiger partial charge on any atom is -0.383 e. The van der Waals surface area contributed by atoms with Crippen LogP contribution in [-0.4, -0.2) is 60.0 Å². The number of carbonyl (C=O) groups is 1. The zero-order chi connectivity index (χ0) is 15.2. The van der Waals surface area contributed by atoms with Crippen molar-refractivity contribution in [2.24, 2.45) is 0 Å². The Labute approximate surface area is 127 Å². The molecule has 2 heterocycles. The van der Waals surface area contributed by atoms with E-state index in [2.05, 4.69) is 29.2 Å². The number of nitrogens with zero attached hydrogens (tertiary/aromatic N) is 3. The van der Waals surface area contributed by atoms with Gasteiger partial charge in [0.15, 0.2) is 0 Å². The maximum absolute atomic E-state index is 13.0. The van der Waals surface area contributed by atoms with Gasteiger partial charge >= 0.3 is 0 Å². The predicted octanol–water partition coefficient (Wildman–Crippen LogP) is 2.07. The second kappa shape index (κ2) is 7.41. The molecule has 1 aromatic heterocycles. The Morgan fingerprint density at radius 3 is 2.95 bits per heavy atom. The van der Waals surface area contributed by atoms with Crippen LogP contribution < -0.4 is 5.32 Å². The predicted molar refractivity (Wildman–Crippen MR) is 85.6 cm³/mol. The van der Waals surface area contributed by atoms with Crippen LogP contribution in [0.3, 0.4) is 0 Å². The SMILES string of the molecule is CCNc1cnccc1C(=O)N1CCCN(C)CC1CC. The molecule has 1 atom stereocenters. The first kappa shape index (κ1) is 15.8. The Morgan fingerprint density at radius 2 is 2.24 bits per heavy atom. The number of hydrogen-bond acceptors (Lipinski definition) is 4. The van der Waals surface area contributed by atoms with Crippen molar-refractivity contribution in [2.75, 3.05) is 38.5 Å². The van der Waals surface area contributed by atoms with E-state index in [0.717, 1.165) is 50.3 Å². The molecule has 1 aliphatic heterocycles. The molecule has 1 fully saturated rings. The van der Waals surface area contributed by atoms with Gasteiger partial charge in [0.05, 0.1) is 17.4 Å². The quantitative estimate of drug-likeness (QED) is 0.922. The lowest BCUT2D eigenvalue weighted by Gasteiger charge is -2.30. The summed E-state index contributed by atoms with van der Waals surface area (Å²) in [6.45, 7) is 7.79. The van der Waals surface area contributed by atoms with Gasteiger partial charge in [-0.2, -0.15) is 0 Å². The zero-order valence-electron chi connectivity index (χ0n) is 13.3. The molecule has 2 rings (SSSR count). The summed E-state index contributed by atoms with van der Waals surface area (Å²) < 4.78 is 0. The molecular weight excluding hydrogens is 264 g/mol. The second-order valence-corrected chi connectivity index (χ2v) is 5.63. The standard InChI is InChI=1S/C16H26N4O/c1-4-13-12-19(3)9-6-10-20(13)16(21)14-7-8-17-11-15(14)18-5-2/h7-8,11,13,18H,4-6,9-10,12H2,1-3H3. The van der Waals surface area contributed by atoms with E-state index in [0.29, 0.717) is 0 Å². The summed E-state index contributed by atoms with van der Waals surface area (Å²) >= 11 is 0. The van der Waals surface area contributed by atoms with Gasteiger partial charge in [-0.15, -0.1) is 0 Å².